The Morgan fingerprint density at radius 3 is 2.50 bits per heavy atom. The monoisotopic (exact) mass is 330 g/mol. The molecule has 2 rings (SSSR count). The molecule has 0 aliphatic heterocycles. The number of amides is 1. The van der Waals surface area contributed by atoms with Crippen LogP contribution in [0, 0.1) is 0 Å². The van der Waals surface area contributed by atoms with Crippen molar-refractivity contribution in [2.75, 3.05) is 20.8 Å². The molecule has 2 aromatic rings. The number of aromatic hydroxyl groups is 1. The number of nitrogens with one attached hydrogen (secondary N) is 1. The standard InChI is InChI=1S/C17H18N2O5/c1-22-13-4-6-14(7-5-13)24-11-17(21)19-18-10-12-3-8-15(20)16(9-12)23-2/h3-10,20H,11H2,1-2H3,(H,19,21)/b18-10-. The van der Waals surface area contributed by atoms with Gasteiger partial charge in [-0.1, -0.05) is 0 Å². The summed E-state index contributed by atoms with van der Waals surface area (Å²) in [5, 5.41) is 13.3. The lowest BCUT2D eigenvalue weighted by atomic mass is 10.2. The van der Waals surface area contributed by atoms with Gasteiger partial charge >= 0.3 is 0 Å². The highest BCUT2D eigenvalue weighted by Crippen LogP contribution is 2.25. The van der Waals surface area contributed by atoms with Crippen LogP contribution in [0.2, 0.25) is 0 Å². The maximum absolute atomic E-state index is 11.7. The first-order valence-electron chi connectivity index (χ1n) is 7.08. The van der Waals surface area contributed by atoms with Crippen molar-refractivity contribution in [3.8, 4) is 23.0 Å². The maximum Gasteiger partial charge on any atom is 0.277 e. The highest BCUT2D eigenvalue weighted by Gasteiger charge is 2.03. The zero-order valence-electron chi connectivity index (χ0n) is 13.4. The number of hydrogen-bond acceptors (Lipinski definition) is 6. The van der Waals surface area contributed by atoms with Gasteiger partial charge in [0, 0.05) is 0 Å². The van der Waals surface area contributed by atoms with Crippen LogP contribution in [-0.4, -0.2) is 38.1 Å². The molecule has 0 unspecified atom stereocenters. The van der Waals surface area contributed by atoms with Crippen LogP contribution in [0.3, 0.4) is 0 Å². The molecule has 2 aromatic carbocycles. The van der Waals surface area contributed by atoms with E-state index < -0.39 is 5.91 Å². The summed E-state index contributed by atoms with van der Waals surface area (Å²) in [7, 11) is 3.03. The lowest BCUT2D eigenvalue weighted by Gasteiger charge is -2.06. The van der Waals surface area contributed by atoms with Gasteiger partial charge in [0.15, 0.2) is 18.1 Å². The lowest BCUT2D eigenvalue weighted by molar-refractivity contribution is -0.123. The van der Waals surface area contributed by atoms with Gasteiger partial charge in [-0.3, -0.25) is 4.79 Å². The number of hydrogen-bond donors (Lipinski definition) is 2. The highest BCUT2D eigenvalue weighted by atomic mass is 16.5. The largest absolute Gasteiger partial charge is 0.504 e. The molecule has 7 heteroatoms. The van der Waals surface area contributed by atoms with Crippen LogP contribution in [0.4, 0.5) is 0 Å². The van der Waals surface area contributed by atoms with Crippen molar-refractivity contribution in [1.82, 2.24) is 5.43 Å². The molecule has 0 saturated heterocycles. The summed E-state index contributed by atoms with van der Waals surface area (Å²) in [4.78, 5) is 11.7. The average molecular weight is 330 g/mol. The molecule has 0 radical (unpaired) electrons. The van der Waals surface area contributed by atoms with Crippen LogP contribution in [0.1, 0.15) is 5.56 Å². The van der Waals surface area contributed by atoms with E-state index in [1.54, 1.807) is 43.5 Å². The molecule has 0 saturated carbocycles. The Labute approximate surface area is 139 Å². The van der Waals surface area contributed by atoms with Crippen molar-refractivity contribution in [2.45, 2.75) is 0 Å². The number of nitrogens with zero attached hydrogens (tertiary/aromatic N) is 1. The quantitative estimate of drug-likeness (QED) is 0.598. The molecule has 0 aliphatic carbocycles. The van der Waals surface area contributed by atoms with E-state index in [-0.39, 0.29) is 12.4 Å². The van der Waals surface area contributed by atoms with E-state index >= 15 is 0 Å². The second kappa shape index (κ2) is 8.42. The Hall–Kier alpha value is -3.22. The van der Waals surface area contributed by atoms with Crippen LogP contribution in [0.5, 0.6) is 23.0 Å². The first kappa shape index (κ1) is 17.1. The van der Waals surface area contributed by atoms with E-state index in [0.29, 0.717) is 22.8 Å². The molecular formula is C17H18N2O5. The Bertz CT molecular complexity index is 713. The molecule has 24 heavy (non-hydrogen) atoms. The molecule has 0 aliphatic rings. The number of rotatable bonds is 7. The predicted octanol–water partition coefficient (Wildman–Crippen LogP) is 1.94. The molecule has 0 heterocycles. The summed E-state index contributed by atoms with van der Waals surface area (Å²) in [5.41, 5.74) is 3.02. The number of benzene rings is 2. The van der Waals surface area contributed by atoms with Crippen LogP contribution < -0.4 is 19.6 Å². The molecule has 2 N–H and O–H groups in total. The van der Waals surface area contributed by atoms with Gasteiger partial charge in [0.1, 0.15) is 11.5 Å². The number of methoxy groups -OCH3 is 2. The van der Waals surface area contributed by atoms with Crippen molar-refractivity contribution in [3.05, 3.63) is 48.0 Å². The topological polar surface area (TPSA) is 89.4 Å². The first-order chi connectivity index (χ1) is 11.6. The Kier molecular flexibility index (Phi) is 6.01. The van der Waals surface area contributed by atoms with Gasteiger partial charge in [0.2, 0.25) is 0 Å². The molecule has 126 valence electrons. The predicted molar refractivity (Wildman–Crippen MR) is 88.9 cm³/mol. The molecule has 1 amide bonds. The average Bonchev–Trinajstić information content (AvgIpc) is 2.61. The number of carbonyl (C=O) groups is 1. The van der Waals surface area contributed by atoms with Gasteiger partial charge in [-0.05, 0) is 48.0 Å². The molecule has 0 bridgehead atoms. The van der Waals surface area contributed by atoms with Crippen LogP contribution in [-0.2, 0) is 4.79 Å². The van der Waals surface area contributed by atoms with E-state index in [4.69, 9.17) is 14.2 Å². The molecular weight excluding hydrogens is 312 g/mol. The Morgan fingerprint density at radius 2 is 1.83 bits per heavy atom. The second-order valence-electron chi connectivity index (χ2n) is 4.69. The summed E-state index contributed by atoms with van der Waals surface area (Å²) >= 11 is 0. The third kappa shape index (κ3) is 4.91. The van der Waals surface area contributed by atoms with Gasteiger partial charge in [-0.15, -0.1) is 0 Å². The molecule has 0 atom stereocenters. The third-order valence-corrected chi connectivity index (χ3v) is 3.04. The molecule has 0 spiro atoms. The van der Waals surface area contributed by atoms with Crippen LogP contribution >= 0.6 is 0 Å². The summed E-state index contributed by atoms with van der Waals surface area (Å²) < 4.78 is 15.4. The normalized spacial score (nSPS) is 10.4. The van der Waals surface area contributed by atoms with E-state index in [0.717, 1.165) is 0 Å². The van der Waals surface area contributed by atoms with Crippen LogP contribution in [0.25, 0.3) is 0 Å². The first-order valence-corrected chi connectivity index (χ1v) is 7.08. The minimum Gasteiger partial charge on any atom is -0.504 e. The highest BCUT2D eigenvalue weighted by molar-refractivity contribution is 5.83. The SMILES string of the molecule is COc1ccc(OCC(=O)N/N=C\c2ccc(O)c(OC)c2)cc1. The van der Waals surface area contributed by atoms with Crippen molar-refractivity contribution in [1.29, 1.82) is 0 Å². The van der Waals surface area contributed by atoms with Crippen molar-refractivity contribution >= 4 is 12.1 Å². The number of ether oxygens (including phenoxy) is 3. The fraction of sp³-hybridized carbons (Fsp3) is 0.176. The lowest BCUT2D eigenvalue weighted by Crippen LogP contribution is -2.24. The van der Waals surface area contributed by atoms with Gasteiger partial charge in [0.05, 0.1) is 20.4 Å². The summed E-state index contributed by atoms with van der Waals surface area (Å²) in [6.07, 6.45) is 1.44. The van der Waals surface area contributed by atoms with E-state index in [1.807, 2.05) is 0 Å². The molecule has 7 nitrogen and oxygen atoms in total. The summed E-state index contributed by atoms with van der Waals surface area (Å²) in [6.45, 7) is -0.164. The van der Waals surface area contributed by atoms with Gasteiger partial charge in [-0.25, -0.2) is 5.43 Å². The second-order valence-corrected chi connectivity index (χ2v) is 4.69. The minimum absolute atomic E-state index is 0.0339. The fourth-order valence-electron chi connectivity index (χ4n) is 1.81. The summed E-state index contributed by atoms with van der Waals surface area (Å²) in [6, 6.07) is 11.6. The number of hydrazone groups is 1. The maximum atomic E-state index is 11.7. The Balaban J connectivity index is 1.81. The fourth-order valence-corrected chi connectivity index (χ4v) is 1.81. The third-order valence-electron chi connectivity index (χ3n) is 3.04. The van der Waals surface area contributed by atoms with Crippen molar-refractivity contribution in [3.63, 3.8) is 0 Å². The van der Waals surface area contributed by atoms with Gasteiger partial charge in [0.25, 0.3) is 5.91 Å². The Morgan fingerprint density at radius 1 is 1.12 bits per heavy atom. The minimum atomic E-state index is -0.396. The summed E-state index contributed by atoms with van der Waals surface area (Å²) in [5.74, 6) is 1.23. The van der Waals surface area contributed by atoms with Gasteiger partial charge < -0.3 is 19.3 Å². The smallest absolute Gasteiger partial charge is 0.277 e. The van der Waals surface area contributed by atoms with Gasteiger partial charge in [-0.2, -0.15) is 5.10 Å². The number of phenols is 1. The van der Waals surface area contributed by atoms with E-state index in [9.17, 15) is 9.90 Å². The van der Waals surface area contributed by atoms with Crippen molar-refractivity contribution < 1.29 is 24.1 Å². The molecule has 0 fully saturated rings. The zero-order chi connectivity index (χ0) is 17.4. The van der Waals surface area contributed by atoms with E-state index in [1.165, 1.54) is 19.4 Å². The zero-order valence-corrected chi connectivity index (χ0v) is 13.4. The number of phenolic OH excluding ortho intramolecular Hbond substituents is 1. The van der Waals surface area contributed by atoms with Crippen molar-refractivity contribution in [2.24, 2.45) is 5.10 Å². The molecule has 0 aromatic heterocycles. The van der Waals surface area contributed by atoms with Crippen LogP contribution in [0.15, 0.2) is 47.6 Å². The van der Waals surface area contributed by atoms with E-state index in [2.05, 4.69) is 10.5 Å². The number of carbonyl (C=O) groups excluding carboxylic acids is 1.